The Morgan fingerprint density at radius 3 is 2.64 bits per heavy atom. The van der Waals surface area contributed by atoms with Gasteiger partial charge in [-0.05, 0) is 65.4 Å². The fraction of sp³-hybridized carbons (Fsp3) is 0.737. The van der Waals surface area contributed by atoms with Crippen LogP contribution in [0.2, 0.25) is 0 Å². The molecule has 144 valence electrons. The lowest BCUT2D eigenvalue weighted by molar-refractivity contribution is 0.0436. The van der Waals surface area contributed by atoms with E-state index >= 15 is 0 Å². The molecule has 0 aromatic carbocycles. The Bertz CT molecular complexity index is 482. The molecule has 6 nitrogen and oxygen atoms in total. The molecule has 6 heteroatoms. The minimum absolute atomic E-state index is 0.238. The smallest absolute Gasteiger partial charge is 0.191 e. The summed E-state index contributed by atoms with van der Waals surface area (Å²) in [4.78, 5) is 6.97. The van der Waals surface area contributed by atoms with Crippen LogP contribution >= 0.6 is 0 Å². The lowest BCUT2D eigenvalue weighted by Crippen LogP contribution is -2.43. The molecule has 0 aliphatic rings. The summed E-state index contributed by atoms with van der Waals surface area (Å²) in [7, 11) is 0. The van der Waals surface area contributed by atoms with Gasteiger partial charge < -0.3 is 25.1 Å². The summed E-state index contributed by atoms with van der Waals surface area (Å²) in [5.41, 5.74) is -1.11. The summed E-state index contributed by atoms with van der Waals surface area (Å²) in [5.74, 6) is 1.25. The van der Waals surface area contributed by atoms with E-state index in [0.717, 1.165) is 45.0 Å². The highest BCUT2D eigenvalue weighted by Crippen LogP contribution is 2.21. The zero-order valence-corrected chi connectivity index (χ0v) is 16.5. The first-order chi connectivity index (χ1) is 11.9. The van der Waals surface area contributed by atoms with Gasteiger partial charge in [0.05, 0.1) is 12.8 Å². The maximum atomic E-state index is 10.5. The monoisotopic (exact) mass is 352 g/mol. The third-order valence-corrected chi connectivity index (χ3v) is 4.33. The molecule has 1 heterocycles. The number of furan rings is 1. The third kappa shape index (κ3) is 7.92. The van der Waals surface area contributed by atoms with Crippen LogP contribution in [0.4, 0.5) is 0 Å². The first-order valence-electron chi connectivity index (χ1n) is 9.46. The lowest BCUT2D eigenvalue weighted by Gasteiger charge is -2.22. The molecule has 0 aliphatic heterocycles. The Hall–Kier alpha value is -1.53. The summed E-state index contributed by atoms with van der Waals surface area (Å²) < 4.78 is 5.30. The van der Waals surface area contributed by atoms with E-state index in [0.29, 0.717) is 11.8 Å². The van der Waals surface area contributed by atoms with E-state index in [9.17, 15) is 5.11 Å². The largest absolute Gasteiger partial charge is 0.466 e. The zero-order valence-electron chi connectivity index (χ0n) is 16.5. The standard InChI is InChI=1S/C19H36N4O2/c1-6-20-18(21-15-19(5,24)17-12-10-14-25-17)22-16(4)11-9-13-23(7-2)8-3/h10,12,14,16,24H,6-9,11,13,15H2,1-5H3,(H2,20,21,22). The molecule has 0 bridgehead atoms. The number of aliphatic hydroxyl groups is 1. The summed E-state index contributed by atoms with van der Waals surface area (Å²) in [5, 5.41) is 17.2. The molecule has 2 atom stereocenters. The fourth-order valence-corrected chi connectivity index (χ4v) is 2.68. The highest BCUT2D eigenvalue weighted by Gasteiger charge is 2.26. The molecule has 0 saturated heterocycles. The van der Waals surface area contributed by atoms with Crippen LogP contribution in [0.3, 0.4) is 0 Å². The molecular weight excluding hydrogens is 316 g/mol. The molecule has 0 amide bonds. The maximum absolute atomic E-state index is 10.5. The molecule has 0 spiro atoms. The van der Waals surface area contributed by atoms with E-state index in [1.807, 2.05) is 6.92 Å². The topological polar surface area (TPSA) is 73.0 Å². The summed E-state index contributed by atoms with van der Waals surface area (Å²) in [6.07, 6.45) is 3.80. The Morgan fingerprint density at radius 2 is 2.08 bits per heavy atom. The highest BCUT2D eigenvalue weighted by molar-refractivity contribution is 5.80. The minimum Gasteiger partial charge on any atom is -0.466 e. The average molecular weight is 353 g/mol. The van der Waals surface area contributed by atoms with Crippen molar-refractivity contribution in [2.45, 2.75) is 59.1 Å². The summed E-state index contributed by atoms with van der Waals surface area (Å²) in [6.45, 7) is 14.7. The van der Waals surface area contributed by atoms with Crippen molar-refractivity contribution in [1.82, 2.24) is 15.5 Å². The number of hydrogen-bond acceptors (Lipinski definition) is 4. The molecule has 0 fully saturated rings. The van der Waals surface area contributed by atoms with Crippen molar-refractivity contribution in [3.63, 3.8) is 0 Å². The van der Waals surface area contributed by atoms with Crippen LogP contribution in [0.5, 0.6) is 0 Å². The lowest BCUT2D eigenvalue weighted by atomic mass is 10.0. The Labute approximate surface area is 152 Å². The second-order valence-electron chi connectivity index (χ2n) is 6.66. The Kier molecular flexibility index (Phi) is 9.60. The van der Waals surface area contributed by atoms with E-state index in [1.165, 1.54) is 0 Å². The molecular formula is C19H36N4O2. The van der Waals surface area contributed by atoms with E-state index in [4.69, 9.17) is 4.42 Å². The number of aliphatic imine (C=N–C) groups is 1. The van der Waals surface area contributed by atoms with Gasteiger partial charge in [0.2, 0.25) is 0 Å². The van der Waals surface area contributed by atoms with Crippen molar-refractivity contribution in [2.75, 3.05) is 32.7 Å². The van der Waals surface area contributed by atoms with Gasteiger partial charge in [-0.3, -0.25) is 0 Å². The van der Waals surface area contributed by atoms with Gasteiger partial charge in [0.25, 0.3) is 0 Å². The van der Waals surface area contributed by atoms with Crippen molar-refractivity contribution in [1.29, 1.82) is 0 Å². The number of nitrogens with zero attached hydrogens (tertiary/aromatic N) is 2. The maximum Gasteiger partial charge on any atom is 0.191 e. The van der Waals surface area contributed by atoms with E-state index in [2.05, 4.69) is 41.3 Å². The molecule has 1 aromatic heterocycles. The zero-order chi connectivity index (χ0) is 18.7. The van der Waals surface area contributed by atoms with Crippen LogP contribution < -0.4 is 10.6 Å². The molecule has 0 radical (unpaired) electrons. The molecule has 3 N–H and O–H groups in total. The molecule has 1 rings (SSSR count). The average Bonchev–Trinajstić information content (AvgIpc) is 3.12. The minimum atomic E-state index is -1.11. The van der Waals surface area contributed by atoms with Crippen molar-refractivity contribution in [3.05, 3.63) is 24.2 Å². The van der Waals surface area contributed by atoms with Crippen molar-refractivity contribution >= 4 is 5.96 Å². The van der Waals surface area contributed by atoms with Crippen molar-refractivity contribution in [3.8, 4) is 0 Å². The van der Waals surface area contributed by atoms with E-state index in [-0.39, 0.29) is 6.54 Å². The van der Waals surface area contributed by atoms with Crippen molar-refractivity contribution in [2.24, 2.45) is 4.99 Å². The third-order valence-electron chi connectivity index (χ3n) is 4.33. The molecule has 25 heavy (non-hydrogen) atoms. The first kappa shape index (κ1) is 21.5. The van der Waals surface area contributed by atoms with E-state index < -0.39 is 5.60 Å². The van der Waals surface area contributed by atoms with Gasteiger partial charge in [0.1, 0.15) is 11.4 Å². The SMILES string of the molecule is CCNC(=NCC(C)(O)c1ccco1)NC(C)CCCN(CC)CC. The second-order valence-corrected chi connectivity index (χ2v) is 6.66. The van der Waals surface area contributed by atoms with Crippen LogP contribution in [0.25, 0.3) is 0 Å². The van der Waals surface area contributed by atoms with Gasteiger partial charge in [-0.2, -0.15) is 0 Å². The highest BCUT2D eigenvalue weighted by atomic mass is 16.4. The number of guanidine groups is 1. The van der Waals surface area contributed by atoms with Gasteiger partial charge in [-0.1, -0.05) is 13.8 Å². The molecule has 0 aliphatic carbocycles. The molecule has 0 saturated carbocycles. The summed E-state index contributed by atoms with van der Waals surface area (Å²) >= 11 is 0. The van der Waals surface area contributed by atoms with Crippen molar-refractivity contribution < 1.29 is 9.52 Å². The Balaban J connectivity index is 2.52. The van der Waals surface area contributed by atoms with Crippen LogP contribution in [0, 0.1) is 0 Å². The van der Waals surface area contributed by atoms with Gasteiger partial charge >= 0.3 is 0 Å². The summed E-state index contributed by atoms with van der Waals surface area (Å²) in [6, 6.07) is 3.86. The predicted octanol–water partition coefficient (Wildman–Crippen LogP) is 2.55. The van der Waals surface area contributed by atoms with Crippen LogP contribution in [0.1, 0.15) is 53.2 Å². The van der Waals surface area contributed by atoms with Crippen LogP contribution in [-0.2, 0) is 5.60 Å². The molecule has 2 unspecified atom stereocenters. The van der Waals surface area contributed by atoms with Gasteiger partial charge in [-0.25, -0.2) is 4.99 Å². The normalized spacial score (nSPS) is 15.9. The molecule has 1 aromatic rings. The fourth-order valence-electron chi connectivity index (χ4n) is 2.68. The van der Waals surface area contributed by atoms with Crippen LogP contribution in [0.15, 0.2) is 27.8 Å². The van der Waals surface area contributed by atoms with Crippen LogP contribution in [-0.4, -0.2) is 54.7 Å². The van der Waals surface area contributed by atoms with E-state index in [1.54, 1.807) is 25.3 Å². The number of nitrogens with one attached hydrogen (secondary N) is 2. The van der Waals surface area contributed by atoms with Gasteiger partial charge in [0.15, 0.2) is 5.96 Å². The Morgan fingerprint density at radius 1 is 1.36 bits per heavy atom. The number of rotatable bonds is 11. The van der Waals surface area contributed by atoms with Gasteiger partial charge in [-0.15, -0.1) is 0 Å². The number of hydrogen-bond donors (Lipinski definition) is 3. The predicted molar refractivity (Wildman–Crippen MR) is 104 cm³/mol. The quantitative estimate of drug-likeness (QED) is 0.422. The first-order valence-corrected chi connectivity index (χ1v) is 9.46. The van der Waals surface area contributed by atoms with Gasteiger partial charge in [0, 0.05) is 12.6 Å². The second kappa shape index (κ2) is 11.2.